The van der Waals surface area contributed by atoms with Crippen LogP contribution in [0.15, 0.2) is 29.4 Å². The summed E-state index contributed by atoms with van der Waals surface area (Å²) in [5, 5.41) is 4.01. The molecule has 0 saturated carbocycles. The molecule has 1 aromatic carbocycles. The molecule has 2 heterocycles. The van der Waals surface area contributed by atoms with Crippen molar-refractivity contribution in [2.24, 2.45) is 12.0 Å². The van der Waals surface area contributed by atoms with E-state index in [0.717, 1.165) is 17.4 Å². The largest absolute Gasteiger partial charge is 0.380 e. The predicted molar refractivity (Wildman–Crippen MR) is 89.3 cm³/mol. The number of aryl methyl sites for hydroxylation is 1. The van der Waals surface area contributed by atoms with E-state index < -0.39 is 17.5 Å². The van der Waals surface area contributed by atoms with Crippen LogP contribution in [0.25, 0.3) is 10.2 Å². The lowest BCUT2D eigenvalue weighted by Gasteiger charge is -2.06. The number of ether oxygens (including phenoxy) is 1. The number of hydrogen-bond donors (Lipinski definition) is 0. The highest BCUT2D eigenvalue weighted by Gasteiger charge is 2.15. The third kappa shape index (κ3) is 3.67. The third-order valence-electron chi connectivity index (χ3n) is 3.49. The van der Waals surface area contributed by atoms with Crippen molar-refractivity contribution in [1.82, 2.24) is 14.3 Å². The minimum absolute atomic E-state index is 0.183. The number of aromatic nitrogens is 3. The van der Waals surface area contributed by atoms with E-state index in [1.54, 1.807) is 19.3 Å². The highest BCUT2D eigenvalue weighted by Crippen LogP contribution is 2.22. The van der Waals surface area contributed by atoms with Crippen molar-refractivity contribution in [3.8, 4) is 0 Å². The first-order valence-corrected chi connectivity index (χ1v) is 8.46. The molecule has 132 valence electrons. The van der Waals surface area contributed by atoms with Crippen LogP contribution in [-0.4, -0.2) is 33.5 Å². The van der Waals surface area contributed by atoms with Gasteiger partial charge >= 0.3 is 0 Å². The van der Waals surface area contributed by atoms with Gasteiger partial charge in [0.25, 0.3) is 5.91 Å². The second-order valence-corrected chi connectivity index (χ2v) is 6.27. The molecule has 0 N–H and O–H groups in total. The zero-order chi connectivity index (χ0) is 18.0. The van der Waals surface area contributed by atoms with Gasteiger partial charge < -0.3 is 9.30 Å². The Morgan fingerprint density at radius 2 is 2.20 bits per heavy atom. The van der Waals surface area contributed by atoms with Crippen molar-refractivity contribution in [1.29, 1.82) is 0 Å². The van der Waals surface area contributed by atoms with E-state index in [9.17, 15) is 13.6 Å². The number of halogens is 2. The average Bonchev–Trinajstić information content (AvgIpc) is 3.12. The summed E-state index contributed by atoms with van der Waals surface area (Å²) in [7, 11) is 1.69. The van der Waals surface area contributed by atoms with Gasteiger partial charge in [0.1, 0.15) is 5.82 Å². The van der Waals surface area contributed by atoms with Crippen LogP contribution in [0.4, 0.5) is 8.78 Å². The summed E-state index contributed by atoms with van der Waals surface area (Å²) in [6.07, 6.45) is 1.63. The number of nitrogens with zero attached hydrogens (tertiary/aromatic N) is 4. The standard InChI is InChI=1S/C16H16F2N4O2S/c1-3-24-7-6-22-14-11(18)8-10(17)9-13(14)25-16(22)19-15(23)12-4-5-21(2)20-12/h4-5,8-9H,3,6-7H2,1-2H3. The van der Waals surface area contributed by atoms with E-state index in [0.29, 0.717) is 24.5 Å². The molecule has 0 atom stereocenters. The number of amides is 1. The Bertz CT molecular complexity index is 990. The maximum atomic E-state index is 14.3. The predicted octanol–water partition coefficient (Wildman–Crippen LogP) is 2.49. The summed E-state index contributed by atoms with van der Waals surface area (Å²) in [5.41, 5.74) is 0.390. The van der Waals surface area contributed by atoms with Crippen LogP contribution in [0.2, 0.25) is 0 Å². The van der Waals surface area contributed by atoms with E-state index >= 15 is 0 Å². The Balaban J connectivity index is 2.12. The monoisotopic (exact) mass is 366 g/mol. The summed E-state index contributed by atoms with van der Waals surface area (Å²) < 4.78 is 36.5. The van der Waals surface area contributed by atoms with E-state index in [1.807, 2.05) is 6.92 Å². The van der Waals surface area contributed by atoms with Gasteiger partial charge in [-0.1, -0.05) is 11.3 Å². The lowest BCUT2D eigenvalue weighted by molar-refractivity contribution is 0.0991. The molecule has 1 amide bonds. The smallest absolute Gasteiger partial charge is 0.300 e. The number of thiazole rings is 1. The third-order valence-corrected chi connectivity index (χ3v) is 4.51. The molecule has 0 bridgehead atoms. The highest BCUT2D eigenvalue weighted by atomic mass is 32.1. The van der Waals surface area contributed by atoms with E-state index in [-0.39, 0.29) is 16.0 Å². The number of benzene rings is 1. The molecule has 0 aliphatic carbocycles. The second-order valence-electron chi connectivity index (χ2n) is 5.26. The molecule has 0 aliphatic heterocycles. The van der Waals surface area contributed by atoms with Crippen molar-refractivity contribution >= 4 is 27.5 Å². The Morgan fingerprint density at radius 1 is 1.40 bits per heavy atom. The molecule has 9 heteroatoms. The quantitative estimate of drug-likeness (QED) is 0.652. The van der Waals surface area contributed by atoms with Crippen molar-refractivity contribution in [3.05, 3.63) is 46.5 Å². The van der Waals surface area contributed by atoms with Gasteiger partial charge in [0.15, 0.2) is 16.3 Å². The van der Waals surface area contributed by atoms with Crippen molar-refractivity contribution in [2.75, 3.05) is 13.2 Å². The van der Waals surface area contributed by atoms with Gasteiger partial charge in [-0.05, 0) is 19.1 Å². The van der Waals surface area contributed by atoms with Gasteiger partial charge in [0, 0.05) is 32.5 Å². The molecule has 3 aromatic rings. The topological polar surface area (TPSA) is 61.4 Å². The number of hydrogen-bond acceptors (Lipinski definition) is 4. The first kappa shape index (κ1) is 17.4. The minimum atomic E-state index is -0.700. The first-order chi connectivity index (χ1) is 12.0. The second kappa shape index (κ2) is 7.24. The van der Waals surface area contributed by atoms with Crippen molar-refractivity contribution in [3.63, 3.8) is 0 Å². The molecule has 3 rings (SSSR count). The van der Waals surface area contributed by atoms with Crippen LogP contribution in [0, 0.1) is 11.6 Å². The first-order valence-electron chi connectivity index (χ1n) is 7.64. The fourth-order valence-electron chi connectivity index (χ4n) is 2.40. The van der Waals surface area contributed by atoms with Gasteiger partial charge in [0.2, 0.25) is 0 Å². The molecular weight excluding hydrogens is 350 g/mol. The van der Waals surface area contributed by atoms with Gasteiger partial charge in [-0.25, -0.2) is 8.78 Å². The lowest BCUT2D eigenvalue weighted by atomic mass is 10.3. The van der Waals surface area contributed by atoms with Gasteiger partial charge in [0.05, 0.1) is 16.8 Å². The summed E-state index contributed by atoms with van der Waals surface area (Å²) >= 11 is 1.05. The fourth-order valence-corrected chi connectivity index (χ4v) is 3.49. The molecule has 0 unspecified atom stereocenters. The molecule has 0 radical (unpaired) electrons. The summed E-state index contributed by atoms with van der Waals surface area (Å²) in [6, 6.07) is 3.59. The lowest BCUT2D eigenvalue weighted by Crippen LogP contribution is -2.20. The zero-order valence-corrected chi connectivity index (χ0v) is 14.5. The normalized spacial score (nSPS) is 12.2. The molecule has 2 aromatic heterocycles. The fraction of sp³-hybridized carbons (Fsp3) is 0.312. The van der Waals surface area contributed by atoms with Crippen LogP contribution in [-0.2, 0) is 18.3 Å². The Hall–Kier alpha value is -2.39. The van der Waals surface area contributed by atoms with Gasteiger partial charge in [-0.15, -0.1) is 0 Å². The number of carbonyl (C=O) groups excluding carboxylic acids is 1. The van der Waals surface area contributed by atoms with Crippen LogP contribution in [0.1, 0.15) is 17.4 Å². The van der Waals surface area contributed by atoms with Crippen molar-refractivity contribution < 1.29 is 18.3 Å². The maximum Gasteiger partial charge on any atom is 0.300 e. The van der Waals surface area contributed by atoms with Crippen LogP contribution in [0.3, 0.4) is 0 Å². The molecular formula is C16H16F2N4O2S. The van der Waals surface area contributed by atoms with Gasteiger partial charge in [-0.2, -0.15) is 10.1 Å². The summed E-state index contributed by atoms with van der Waals surface area (Å²) in [5.74, 6) is -1.92. The molecule has 6 nitrogen and oxygen atoms in total. The van der Waals surface area contributed by atoms with Crippen LogP contribution >= 0.6 is 11.3 Å². The minimum Gasteiger partial charge on any atom is -0.380 e. The zero-order valence-electron chi connectivity index (χ0n) is 13.7. The molecule has 25 heavy (non-hydrogen) atoms. The number of carbonyl (C=O) groups is 1. The summed E-state index contributed by atoms with van der Waals surface area (Å²) in [4.78, 5) is 16.6. The molecule has 0 saturated heterocycles. The molecule has 0 aliphatic rings. The van der Waals surface area contributed by atoms with Crippen LogP contribution < -0.4 is 4.80 Å². The molecule has 0 fully saturated rings. The maximum absolute atomic E-state index is 14.3. The highest BCUT2D eigenvalue weighted by molar-refractivity contribution is 7.16. The Kier molecular flexibility index (Phi) is 5.05. The summed E-state index contributed by atoms with van der Waals surface area (Å²) in [6.45, 7) is 2.98. The van der Waals surface area contributed by atoms with E-state index in [4.69, 9.17) is 4.74 Å². The Morgan fingerprint density at radius 3 is 2.88 bits per heavy atom. The average molecular weight is 366 g/mol. The Labute approximate surface area is 146 Å². The number of fused-ring (bicyclic) bond motifs is 1. The number of rotatable bonds is 5. The van der Waals surface area contributed by atoms with E-state index in [2.05, 4.69) is 10.1 Å². The van der Waals surface area contributed by atoms with Crippen molar-refractivity contribution in [2.45, 2.75) is 13.5 Å². The van der Waals surface area contributed by atoms with Crippen LogP contribution in [0.5, 0.6) is 0 Å². The van der Waals surface area contributed by atoms with E-state index in [1.165, 1.54) is 15.3 Å². The van der Waals surface area contributed by atoms with Gasteiger partial charge in [-0.3, -0.25) is 9.48 Å². The molecule has 0 spiro atoms. The SMILES string of the molecule is CCOCCn1c(=NC(=O)c2ccn(C)n2)sc2cc(F)cc(F)c21.